The van der Waals surface area contributed by atoms with Crippen LogP contribution in [0.3, 0.4) is 0 Å². The molecular weight excluding hydrogens is 336 g/mol. The van der Waals surface area contributed by atoms with Crippen LogP contribution in [0.1, 0.15) is 19.4 Å². The zero-order valence-corrected chi connectivity index (χ0v) is 14.7. The molecule has 1 aliphatic rings. The summed E-state index contributed by atoms with van der Waals surface area (Å²) in [6, 6.07) is 16.6. The van der Waals surface area contributed by atoms with Gasteiger partial charge in [-0.05, 0) is 43.7 Å². The van der Waals surface area contributed by atoms with Crippen molar-refractivity contribution in [2.75, 3.05) is 5.01 Å². The van der Waals surface area contributed by atoms with Crippen LogP contribution in [0.25, 0.3) is 0 Å². The summed E-state index contributed by atoms with van der Waals surface area (Å²) in [4.78, 5) is 12.7. The van der Waals surface area contributed by atoms with Gasteiger partial charge < -0.3 is 0 Å². The number of rotatable bonds is 4. The first-order valence-electron chi connectivity index (χ1n) is 7.83. The second-order valence-electron chi connectivity index (χ2n) is 5.70. The lowest BCUT2D eigenvalue weighted by molar-refractivity contribution is -0.118. The third kappa shape index (κ3) is 3.83. The molecule has 1 unspecified atom stereocenters. The average Bonchev–Trinajstić information content (AvgIpc) is 2.92. The van der Waals surface area contributed by atoms with Gasteiger partial charge in [0.1, 0.15) is 5.92 Å². The molecule has 0 spiro atoms. The summed E-state index contributed by atoms with van der Waals surface area (Å²) in [5, 5.41) is 14.7. The summed E-state index contributed by atoms with van der Waals surface area (Å²) >= 11 is 5.85. The highest BCUT2D eigenvalue weighted by atomic mass is 35.5. The standard InChI is InChI=1S/C19H17ClN4O/c1-13(22-21-12-15-8-10-16(20)11-9-15)18-14(2)23-24(19(18)25)17-6-4-3-5-7-17/h3-12,18H,1-2H3/b21-12+,22-13-. The van der Waals surface area contributed by atoms with E-state index in [0.29, 0.717) is 16.4 Å². The van der Waals surface area contributed by atoms with E-state index in [1.807, 2.05) is 49.4 Å². The average molecular weight is 353 g/mol. The third-order valence-corrected chi connectivity index (χ3v) is 4.09. The Kier molecular flexibility index (Phi) is 5.05. The lowest BCUT2D eigenvalue weighted by Gasteiger charge is -2.13. The minimum absolute atomic E-state index is 0.119. The van der Waals surface area contributed by atoms with Crippen molar-refractivity contribution < 1.29 is 4.79 Å². The molecule has 0 radical (unpaired) electrons. The number of halogens is 1. The van der Waals surface area contributed by atoms with Gasteiger partial charge in [0.2, 0.25) is 0 Å². The van der Waals surface area contributed by atoms with Gasteiger partial charge in [0.05, 0.1) is 23.3 Å². The molecule has 0 aliphatic carbocycles. The number of anilines is 1. The third-order valence-electron chi connectivity index (χ3n) is 3.84. The molecule has 2 aromatic rings. The Balaban J connectivity index is 1.76. The van der Waals surface area contributed by atoms with Crippen molar-refractivity contribution in [1.29, 1.82) is 0 Å². The Labute approximate surface area is 151 Å². The monoisotopic (exact) mass is 352 g/mol. The molecule has 0 aromatic heterocycles. The highest BCUT2D eigenvalue weighted by Gasteiger charge is 2.36. The van der Waals surface area contributed by atoms with Crippen molar-refractivity contribution in [2.45, 2.75) is 13.8 Å². The van der Waals surface area contributed by atoms with Gasteiger partial charge in [0, 0.05) is 5.02 Å². The molecule has 3 rings (SSSR count). The molecule has 1 aliphatic heterocycles. The van der Waals surface area contributed by atoms with Crippen molar-refractivity contribution in [1.82, 2.24) is 0 Å². The van der Waals surface area contributed by atoms with Gasteiger partial charge in [-0.15, -0.1) is 0 Å². The van der Waals surface area contributed by atoms with E-state index < -0.39 is 5.92 Å². The molecule has 1 amide bonds. The number of carbonyl (C=O) groups excluding carboxylic acids is 1. The fraction of sp³-hybridized carbons (Fsp3) is 0.158. The molecule has 0 bridgehead atoms. The van der Waals surface area contributed by atoms with Crippen molar-refractivity contribution in [3.63, 3.8) is 0 Å². The molecule has 5 nitrogen and oxygen atoms in total. The minimum atomic E-state index is -0.484. The first kappa shape index (κ1) is 17.0. The number of hydrazone groups is 1. The summed E-state index contributed by atoms with van der Waals surface area (Å²) in [7, 11) is 0. The van der Waals surface area contributed by atoms with Crippen molar-refractivity contribution in [2.24, 2.45) is 21.2 Å². The number of nitrogens with zero attached hydrogens (tertiary/aromatic N) is 4. The predicted molar refractivity (Wildman–Crippen MR) is 103 cm³/mol. The smallest absolute Gasteiger partial charge is 0.262 e. The molecule has 1 atom stereocenters. The number of amides is 1. The SMILES string of the molecule is CC1=NN(c2ccccc2)C(=O)C1/C(C)=N\N=C\c1ccc(Cl)cc1. The second kappa shape index (κ2) is 7.40. The van der Waals surface area contributed by atoms with E-state index >= 15 is 0 Å². The van der Waals surface area contributed by atoms with E-state index in [9.17, 15) is 4.79 Å². The van der Waals surface area contributed by atoms with E-state index in [-0.39, 0.29) is 5.91 Å². The Morgan fingerprint density at radius 3 is 2.52 bits per heavy atom. The maximum atomic E-state index is 12.7. The van der Waals surface area contributed by atoms with Gasteiger partial charge in [-0.2, -0.15) is 20.3 Å². The van der Waals surface area contributed by atoms with Crippen LogP contribution in [0, 0.1) is 5.92 Å². The zero-order valence-electron chi connectivity index (χ0n) is 13.9. The van der Waals surface area contributed by atoms with Crippen molar-refractivity contribution in [3.8, 4) is 0 Å². The molecule has 0 saturated carbocycles. The number of para-hydroxylation sites is 1. The summed E-state index contributed by atoms with van der Waals surface area (Å²) < 4.78 is 0. The first-order chi connectivity index (χ1) is 12.1. The molecule has 0 N–H and O–H groups in total. The van der Waals surface area contributed by atoms with Crippen LogP contribution in [-0.2, 0) is 4.79 Å². The first-order valence-corrected chi connectivity index (χ1v) is 8.21. The largest absolute Gasteiger partial charge is 0.271 e. The molecule has 2 aromatic carbocycles. The topological polar surface area (TPSA) is 57.4 Å². The van der Waals surface area contributed by atoms with Crippen molar-refractivity contribution >= 4 is 40.8 Å². The van der Waals surface area contributed by atoms with Gasteiger partial charge in [0.25, 0.3) is 5.91 Å². The van der Waals surface area contributed by atoms with Crippen LogP contribution in [0.5, 0.6) is 0 Å². The van der Waals surface area contributed by atoms with E-state index in [1.54, 1.807) is 25.3 Å². The van der Waals surface area contributed by atoms with Gasteiger partial charge in [-0.1, -0.05) is 41.9 Å². The molecule has 1 heterocycles. The molecule has 6 heteroatoms. The highest BCUT2D eigenvalue weighted by Crippen LogP contribution is 2.24. The van der Waals surface area contributed by atoms with Gasteiger partial charge >= 0.3 is 0 Å². The van der Waals surface area contributed by atoms with Gasteiger partial charge in [0.15, 0.2) is 0 Å². The summed E-state index contributed by atoms with van der Waals surface area (Å²) in [6.45, 7) is 3.61. The Bertz CT molecular complexity index is 857. The van der Waals surface area contributed by atoms with E-state index in [1.165, 1.54) is 5.01 Å². The summed E-state index contributed by atoms with van der Waals surface area (Å²) in [5.74, 6) is -0.603. The van der Waals surface area contributed by atoms with Crippen LogP contribution >= 0.6 is 11.6 Å². The summed E-state index contributed by atoms with van der Waals surface area (Å²) in [6.07, 6.45) is 1.63. The fourth-order valence-corrected chi connectivity index (χ4v) is 2.72. The molecule has 126 valence electrons. The molecule has 0 saturated heterocycles. The number of hydrogen-bond donors (Lipinski definition) is 0. The Hall–Kier alpha value is -2.79. The predicted octanol–water partition coefficient (Wildman–Crippen LogP) is 4.17. The summed E-state index contributed by atoms with van der Waals surface area (Å²) in [5.41, 5.74) is 2.94. The maximum Gasteiger partial charge on any atom is 0.262 e. The highest BCUT2D eigenvalue weighted by molar-refractivity contribution is 6.30. The van der Waals surface area contributed by atoms with Gasteiger partial charge in [-0.25, -0.2) is 0 Å². The van der Waals surface area contributed by atoms with E-state index in [2.05, 4.69) is 15.3 Å². The van der Waals surface area contributed by atoms with Crippen LogP contribution in [0.15, 0.2) is 69.9 Å². The zero-order chi connectivity index (χ0) is 17.8. The fourth-order valence-electron chi connectivity index (χ4n) is 2.59. The Morgan fingerprint density at radius 2 is 1.84 bits per heavy atom. The quantitative estimate of drug-likeness (QED) is 0.601. The lowest BCUT2D eigenvalue weighted by Crippen LogP contribution is -2.31. The maximum absolute atomic E-state index is 12.7. The number of carbonyl (C=O) groups is 1. The number of hydrogen-bond acceptors (Lipinski definition) is 4. The minimum Gasteiger partial charge on any atom is -0.271 e. The van der Waals surface area contributed by atoms with Crippen LogP contribution in [0.2, 0.25) is 5.02 Å². The Morgan fingerprint density at radius 1 is 1.16 bits per heavy atom. The molecular formula is C19H17ClN4O. The lowest BCUT2D eigenvalue weighted by atomic mass is 9.99. The van der Waals surface area contributed by atoms with Crippen LogP contribution in [-0.4, -0.2) is 23.5 Å². The normalized spacial score (nSPS) is 18.1. The van der Waals surface area contributed by atoms with Crippen LogP contribution in [0.4, 0.5) is 5.69 Å². The van der Waals surface area contributed by atoms with Crippen molar-refractivity contribution in [3.05, 3.63) is 65.2 Å². The molecule has 25 heavy (non-hydrogen) atoms. The van der Waals surface area contributed by atoms with E-state index in [4.69, 9.17) is 11.6 Å². The van der Waals surface area contributed by atoms with Crippen LogP contribution < -0.4 is 5.01 Å². The number of benzene rings is 2. The second-order valence-corrected chi connectivity index (χ2v) is 6.13. The van der Waals surface area contributed by atoms with Gasteiger partial charge in [-0.3, -0.25) is 4.79 Å². The molecule has 0 fully saturated rings. The van der Waals surface area contributed by atoms with E-state index in [0.717, 1.165) is 11.3 Å².